The number of rotatable bonds is 5. The molecule has 0 N–H and O–H groups in total. The molecule has 106 valence electrons. The van der Waals surface area contributed by atoms with E-state index in [0.717, 1.165) is 25.9 Å². The number of sulfone groups is 1. The van der Waals surface area contributed by atoms with Gasteiger partial charge in [0.15, 0.2) is 9.84 Å². The van der Waals surface area contributed by atoms with Crippen molar-refractivity contribution in [3.63, 3.8) is 0 Å². The summed E-state index contributed by atoms with van der Waals surface area (Å²) in [7, 11) is -2.79. The lowest BCUT2D eigenvalue weighted by atomic mass is 9.88. The van der Waals surface area contributed by atoms with Gasteiger partial charge in [0.05, 0.1) is 10.5 Å². The molecule has 0 aliphatic carbocycles. The number of likely N-dealkylation sites (tertiary alicyclic amines) is 1. The molecule has 2 aliphatic heterocycles. The Kier molecular flexibility index (Phi) is 4.07. The van der Waals surface area contributed by atoms with Crippen molar-refractivity contribution in [3.8, 4) is 0 Å². The summed E-state index contributed by atoms with van der Waals surface area (Å²) >= 11 is 0. The van der Waals surface area contributed by atoms with E-state index >= 15 is 0 Å². The molecule has 2 aliphatic rings. The van der Waals surface area contributed by atoms with Crippen LogP contribution in [0.2, 0.25) is 0 Å². The van der Waals surface area contributed by atoms with Crippen molar-refractivity contribution >= 4 is 9.84 Å². The third kappa shape index (κ3) is 2.34. The second kappa shape index (κ2) is 5.12. The van der Waals surface area contributed by atoms with E-state index in [0.29, 0.717) is 0 Å². The van der Waals surface area contributed by atoms with E-state index in [2.05, 4.69) is 25.7 Å². The predicted octanol–water partition coefficient (Wildman–Crippen LogP) is 2.61. The number of hydrogen-bond acceptors (Lipinski definition) is 3. The maximum atomic E-state index is 12.1. The van der Waals surface area contributed by atoms with Crippen LogP contribution in [0.3, 0.4) is 0 Å². The molecule has 2 rings (SSSR count). The topological polar surface area (TPSA) is 37.4 Å². The van der Waals surface area contributed by atoms with Gasteiger partial charge in [-0.1, -0.05) is 26.7 Å². The first-order valence-electron chi connectivity index (χ1n) is 7.42. The molecule has 3 nitrogen and oxygen atoms in total. The molecule has 0 saturated carbocycles. The third-order valence-corrected chi connectivity index (χ3v) is 7.56. The highest BCUT2D eigenvalue weighted by Gasteiger charge is 2.49. The van der Waals surface area contributed by atoms with Crippen molar-refractivity contribution in [2.45, 2.75) is 75.3 Å². The van der Waals surface area contributed by atoms with Crippen LogP contribution >= 0.6 is 0 Å². The van der Waals surface area contributed by atoms with Crippen LogP contribution in [-0.4, -0.2) is 42.4 Å². The summed E-state index contributed by atoms with van der Waals surface area (Å²) in [6.45, 7) is 8.33. The van der Waals surface area contributed by atoms with E-state index in [1.165, 1.54) is 25.7 Å². The molecule has 0 spiro atoms. The van der Waals surface area contributed by atoms with E-state index in [1.807, 2.05) is 0 Å². The van der Waals surface area contributed by atoms with Gasteiger partial charge in [0.1, 0.15) is 0 Å². The fourth-order valence-electron chi connectivity index (χ4n) is 3.89. The van der Waals surface area contributed by atoms with Gasteiger partial charge in [0.2, 0.25) is 0 Å². The van der Waals surface area contributed by atoms with Gasteiger partial charge >= 0.3 is 0 Å². The number of hydrogen-bond donors (Lipinski definition) is 0. The molecule has 18 heavy (non-hydrogen) atoms. The van der Waals surface area contributed by atoms with Gasteiger partial charge in [-0.15, -0.1) is 0 Å². The molecule has 2 heterocycles. The maximum Gasteiger partial charge on any atom is 0.158 e. The highest BCUT2D eigenvalue weighted by molar-refractivity contribution is 7.93. The van der Waals surface area contributed by atoms with Gasteiger partial charge in [-0.25, -0.2) is 8.42 Å². The monoisotopic (exact) mass is 273 g/mol. The second-order valence-corrected chi connectivity index (χ2v) is 8.82. The minimum absolute atomic E-state index is 0.0794. The Hall–Kier alpha value is -0.0900. The van der Waals surface area contributed by atoms with Crippen molar-refractivity contribution in [1.82, 2.24) is 4.90 Å². The minimum Gasteiger partial charge on any atom is -0.295 e. The summed E-state index contributed by atoms with van der Waals surface area (Å²) in [6.07, 6.45) is 6.49. The first-order chi connectivity index (χ1) is 8.44. The van der Waals surface area contributed by atoms with Crippen LogP contribution in [-0.2, 0) is 9.84 Å². The lowest BCUT2D eigenvalue weighted by Crippen LogP contribution is -2.56. The van der Waals surface area contributed by atoms with Crippen LogP contribution < -0.4 is 0 Å². The Morgan fingerprint density at radius 1 is 1.06 bits per heavy atom. The van der Waals surface area contributed by atoms with Crippen LogP contribution in [0.1, 0.15) is 59.3 Å². The van der Waals surface area contributed by atoms with Crippen molar-refractivity contribution in [1.29, 1.82) is 0 Å². The Morgan fingerprint density at radius 2 is 1.50 bits per heavy atom. The fourth-order valence-corrected chi connectivity index (χ4v) is 6.14. The molecule has 2 atom stereocenters. The molecule has 2 unspecified atom stereocenters. The highest BCUT2D eigenvalue weighted by atomic mass is 32.2. The predicted molar refractivity (Wildman–Crippen MR) is 75.5 cm³/mol. The van der Waals surface area contributed by atoms with E-state index in [9.17, 15) is 8.42 Å². The maximum absolute atomic E-state index is 12.1. The molecule has 2 fully saturated rings. The fraction of sp³-hybridized carbons (Fsp3) is 1.00. The summed E-state index contributed by atoms with van der Waals surface area (Å²) in [5.74, 6) is 0. The van der Waals surface area contributed by atoms with E-state index < -0.39 is 9.84 Å². The Balaban J connectivity index is 2.16. The van der Waals surface area contributed by atoms with E-state index in [-0.39, 0.29) is 16.0 Å². The van der Waals surface area contributed by atoms with Gasteiger partial charge in [0, 0.05) is 18.6 Å². The van der Waals surface area contributed by atoms with Crippen molar-refractivity contribution in [3.05, 3.63) is 0 Å². The molecule has 2 saturated heterocycles. The lowest BCUT2D eigenvalue weighted by Gasteiger charge is -2.45. The van der Waals surface area contributed by atoms with E-state index in [1.54, 1.807) is 0 Å². The first kappa shape index (κ1) is 14.3. The van der Waals surface area contributed by atoms with Crippen LogP contribution in [0.5, 0.6) is 0 Å². The number of nitrogens with zero attached hydrogens (tertiary/aromatic N) is 1. The normalized spacial score (nSPS) is 31.7. The number of fused-ring (bicyclic) bond motifs is 2. The van der Waals surface area contributed by atoms with Gasteiger partial charge in [-0.3, -0.25) is 4.90 Å². The second-order valence-electron chi connectivity index (χ2n) is 6.31. The summed E-state index contributed by atoms with van der Waals surface area (Å²) in [4.78, 5) is 2.49. The van der Waals surface area contributed by atoms with Crippen LogP contribution in [0.25, 0.3) is 0 Å². The van der Waals surface area contributed by atoms with Crippen molar-refractivity contribution in [2.24, 2.45) is 0 Å². The molecule has 0 amide bonds. The van der Waals surface area contributed by atoms with Gasteiger partial charge in [-0.2, -0.15) is 0 Å². The zero-order valence-corrected chi connectivity index (χ0v) is 12.8. The van der Waals surface area contributed by atoms with Gasteiger partial charge in [-0.05, 0) is 32.6 Å². The summed E-state index contributed by atoms with van der Waals surface area (Å²) < 4.78 is 24.3. The van der Waals surface area contributed by atoms with Crippen molar-refractivity contribution in [2.75, 3.05) is 13.1 Å². The molecular formula is C14H27NO2S. The average Bonchev–Trinajstić information content (AvgIpc) is 2.51. The largest absolute Gasteiger partial charge is 0.295 e. The average molecular weight is 273 g/mol. The zero-order valence-electron chi connectivity index (χ0n) is 12.0. The molecule has 0 aromatic carbocycles. The smallest absolute Gasteiger partial charge is 0.158 e. The summed E-state index contributed by atoms with van der Waals surface area (Å²) in [5.41, 5.74) is 0.209. The standard InChI is InChI=1S/C14H27NO2S/c1-4-8-14(3,9-5-2)15-10-12-6-7-13(11-15)18(12,16)17/h12-13H,4-11H2,1-3H3. The molecule has 0 aromatic heterocycles. The Labute approximate surface area is 112 Å². The molecule has 4 heteroatoms. The molecule has 0 radical (unpaired) electrons. The van der Waals surface area contributed by atoms with E-state index in [4.69, 9.17) is 0 Å². The Bertz CT molecular complexity index is 365. The quantitative estimate of drug-likeness (QED) is 0.772. The first-order valence-corrected chi connectivity index (χ1v) is 9.02. The van der Waals surface area contributed by atoms with Crippen LogP contribution in [0.15, 0.2) is 0 Å². The SMILES string of the molecule is CCCC(C)(CCC)N1CC2CCC(C1)S2(=O)=O. The summed E-state index contributed by atoms with van der Waals surface area (Å²) in [6, 6.07) is 0. The lowest BCUT2D eigenvalue weighted by molar-refractivity contribution is 0.0838. The van der Waals surface area contributed by atoms with Crippen LogP contribution in [0, 0.1) is 0 Å². The highest BCUT2D eigenvalue weighted by Crippen LogP contribution is 2.38. The summed E-state index contributed by atoms with van der Waals surface area (Å²) in [5, 5.41) is -0.159. The van der Waals surface area contributed by atoms with Gasteiger partial charge < -0.3 is 0 Å². The molecule has 2 bridgehead atoms. The minimum atomic E-state index is -2.79. The molecular weight excluding hydrogens is 246 g/mol. The third-order valence-electron chi connectivity index (χ3n) is 4.93. The van der Waals surface area contributed by atoms with Crippen LogP contribution in [0.4, 0.5) is 0 Å². The Morgan fingerprint density at radius 3 is 1.89 bits per heavy atom. The zero-order chi connectivity index (χ0) is 13.4. The van der Waals surface area contributed by atoms with Gasteiger partial charge in [0.25, 0.3) is 0 Å². The van der Waals surface area contributed by atoms with Crippen molar-refractivity contribution < 1.29 is 8.42 Å². The molecule has 0 aromatic rings.